The fourth-order valence-corrected chi connectivity index (χ4v) is 5.08. The minimum atomic E-state index is -0.774. The van der Waals surface area contributed by atoms with Crippen molar-refractivity contribution in [2.75, 3.05) is 37.7 Å². The molecular formula is C26H27N3O5S. The van der Waals surface area contributed by atoms with Crippen LogP contribution in [0.1, 0.15) is 25.9 Å². The minimum absolute atomic E-state index is 0.131. The summed E-state index contributed by atoms with van der Waals surface area (Å²) in [5, 5.41) is 0.717. The van der Waals surface area contributed by atoms with E-state index in [1.54, 1.807) is 15.9 Å². The van der Waals surface area contributed by atoms with Gasteiger partial charge in [0.1, 0.15) is 28.0 Å². The van der Waals surface area contributed by atoms with E-state index in [1.807, 2.05) is 56.3 Å². The molecule has 182 valence electrons. The number of benzene rings is 2. The summed E-state index contributed by atoms with van der Waals surface area (Å²) in [7, 11) is 0. The Morgan fingerprint density at radius 1 is 1.09 bits per heavy atom. The van der Waals surface area contributed by atoms with Gasteiger partial charge in [0.2, 0.25) is 0 Å². The number of fused-ring (bicyclic) bond motifs is 1. The molecule has 1 saturated heterocycles. The van der Waals surface area contributed by atoms with Crippen molar-refractivity contribution in [3.05, 3.63) is 69.7 Å². The molecule has 0 saturated carbocycles. The highest BCUT2D eigenvalue weighted by molar-refractivity contribution is 7.13. The third-order valence-electron chi connectivity index (χ3n) is 6.04. The largest absolute Gasteiger partial charge is 0.486 e. The predicted octanol–water partition coefficient (Wildman–Crippen LogP) is 3.61. The number of rotatable bonds is 5. The Morgan fingerprint density at radius 2 is 1.83 bits per heavy atom. The van der Waals surface area contributed by atoms with Crippen molar-refractivity contribution >= 4 is 28.8 Å². The molecule has 1 fully saturated rings. The van der Waals surface area contributed by atoms with Gasteiger partial charge in [-0.1, -0.05) is 29.8 Å². The summed E-state index contributed by atoms with van der Waals surface area (Å²) in [5.41, 5.74) is 2.45. The number of aromatic nitrogens is 1. The Balaban J connectivity index is 1.35. The van der Waals surface area contributed by atoms with Crippen LogP contribution in [0.3, 0.4) is 0 Å². The molecule has 1 aromatic heterocycles. The number of carbonyl (C=O) groups excluding carboxylic acids is 2. The molecule has 0 aliphatic carbocycles. The minimum Gasteiger partial charge on any atom is -0.486 e. The van der Waals surface area contributed by atoms with Crippen LogP contribution >= 0.6 is 11.3 Å². The molecule has 2 aliphatic heterocycles. The smallest absolute Gasteiger partial charge is 0.270 e. The van der Waals surface area contributed by atoms with Crippen molar-refractivity contribution in [1.82, 2.24) is 9.88 Å². The van der Waals surface area contributed by atoms with Crippen LogP contribution in [0.5, 0.6) is 11.5 Å². The third kappa shape index (κ3) is 5.01. The lowest BCUT2D eigenvalue weighted by molar-refractivity contribution is -0.142. The summed E-state index contributed by atoms with van der Waals surface area (Å²) in [5.74, 6) is 0.942. The molecule has 1 unspecified atom stereocenters. The van der Waals surface area contributed by atoms with Gasteiger partial charge in [0.25, 0.3) is 11.8 Å². The summed E-state index contributed by atoms with van der Waals surface area (Å²) in [6, 6.07) is 15.1. The first-order chi connectivity index (χ1) is 17.0. The highest BCUT2D eigenvalue weighted by Gasteiger charge is 2.37. The SMILES string of the molecule is Cc1ccc(OCc2nc(C)c(C(=O)N3CC(C(=O)N4CCOCC4)Oc4ccccc43)s2)cc1. The maximum Gasteiger partial charge on any atom is 0.270 e. The molecule has 1 atom stereocenters. The van der Waals surface area contributed by atoms with Crippen molar-refractivity contribution in [2.45, 2.75) is 26.6 Å². The Labute approximate surface area is 208 Å². The Bertz CT molecular complexity index is 1220. The van der Waals surface area contributed by atoms with Crippen LogP contribution in [-0.2, 0) is 16.1 Å². The maximum absolute atomic E-state index is 13.7. The zero-order valence-electron chi connectivity index (χ0n) is 19.7. The van der Waals surface area contributed by atoms with E-state index in [1.165, 1.54) is 11.3 Å². The number of aryl methyl sites for hydroxylation is 2. The second-order valence-electron chi connectivity index (χ2n) is 8.55. The number of morpholine rings is 1. The maximum atomic E-state index is 13.7. The van der Waals surface area contributed by atoms with Gasteiger partial charge in [-0.2, -0.15) is 0 Å². The van der Waals surface area contributed by atoms with E-state index in [-0.39, 0.29) is 25.0 Å². The molecule has 3 aromatic rings. The second-order valence-corrected chi connectivity index (χ2v) is 9.64. The lowest BCUT2D eigenvalue weighted by Crippen LogP contribution is -2.54. The van der Waals surface area contributed by atoms with Crippen molar-refractivity contribution in [2.24, 2.45) is 0 Å². The highest BCUT2D eigenvalue weighted by atomic mass is 32.1. The van der Waals surface area contributed by atoms with Crippen molar-refractivity contribution < 1.29 is 23.8 Å². The van der Waals surface area contributed by atoms with Gasteiger partial charge in [-0.05, 0) is 38.1 Å². The number of amides is 2. The standard InChI is InChI=1S/C26H27N3O5S/c1-17-7-9-19(10-8-17)33-16-23-27-18(2)24(35-23)26(31)29-15-22(25(30)28-11-13-32-14-12-28)34-21-6-4-3-5-20(21)29/h3-10,22H,11-16H2,1-2H3. The number of thiazole rings is 1. The monoisotopic (exact) mass is 493 g/mol. The van der Waals surface area contributed by atoms with Gasteiger partial charge < -0.3 is 19.1 Å². The Kier molecular flexibility index (Phi) is 6.70. The van der Waals surface area contributed by atoms with Crippen LogP contribution in [0.2, 0.25) is 0 Å². The van der Waals surface area contributed by atoms with Crippen LogP contribution in [0.15, 0.2) is 48.5 Å². The molecule has 35 heavy (non-hydrogen) atoms. The van der Waals surface area contributed by atoms with Crippen LogP contribution in [-0.4, -0.2) is 60.7 Å². The molecule has 3 heterocycles. The van der Waals surface area contributed by atoms with Gasteiger partial charge in [-0.3, -0.25) is 14.5 Å². The van der Waals surface area contributed by atoms with Crippen molar-refractivity contribution in [1.29, 1.82) is 0 Å². The average Bonchev–Trinajstić information content (AvgIpc) is 3.27. The first kappa shape index (κ1) is 23.3. The summed E-state index contributed by atoms with van der Waals surface area (Å²) < 4.78 is 17.3. The Morgan fingerprint density at radius 3 is 2.60 bits per heavy atom. The van der Waals surface area contributed by atoms with E-state index in [4.69, 9.17) is 14.2 Å². The number of hydrogen-bond donors (Lipinski definition) is 0. The molecular weight excluding hydrogens is 466 g/mol. The Hall–Kier alpha value is -3.43. The van der Waals surface area contributed by atoms with Gasteiger partial charge in [-0.15, -0.1) is 11.3 Å². The van der Waals surface area contributed by atoms with Gasteiger partial charge in [0.15, 0.2) is 6.10 Å². The summed E-state index contributed by atoms with van der Waals surface area (Å²) in [6.07, 6.45) is -0.774. The molecule has 0 N–H and O–H groups in total. The first-order valence-corrected chi connectivity index (χ1v) is 12.4. The van der Waals surface area contributed by atoms with E-state index in [0.717, 1.165) is 11.3 Å². The predicted molar refractivity (Wildman–Crippen MR) is 132 cm³/mol. The number of para-hydroxylation sites is 2. The summed E-state index contributed by atoms with van der Waals surface area (Å²) in [6.45, 7) is 6.31. The van der Waals surface area contributed by atoms with Crippen LogP contribution in [0.4, 0.5) is 5.69 Å². The molecule has 0 spiro atoms. The number of ether oxygens (including phenoxy) is 3. The lowest BCUT2D eigenvalue weighted by atomic mass is 10.1. The van der Waals surface area contributed by atoms with E-state index >= 15 is 0 Å². The number of anilines is 1. The number of carbonyl (C=O) groups is 2. The van der Waals surface area contributed by atoms with Gasteiger partial charge in [-0.25, -0.2) is 4.98 Å². The number of nitrogens with zero attached hydrogens (tertiary/aromatic N) is 3. The number of hydrogen-bond acceptors (Lipinski definition) is 7. The molecule has 2 amide bonds. The summed E-state index contributed by atoms with van der Waals surface area (Å²) >= 11 is 1.32. The van der Waals surface area contributed by atoms with E-state index < -0.39 is 6.10 Å². The third-order valence-corrected chi connectivity index (χ3v) is 7.15. The fraction of sp³-hybridized carbons (Fsp3) is 0.346. The molecule has 8 nitrogen and oxygen atoms in total. The van der Waals surface area contributed by atoms with E-state index in [2.05, 4.69) is 4.98 Å². The zero-order valence-corrected chi connectivity index (χ0v) is 20.5. The topological polar surface area (TPSA) is 81.2 Å². The van der Waals surface area contributed by atoms with Gasteiger partial charge in [0.05, 0.1) is 31.1 Å². The molecule has 2 aromatic carbocycles. The molecule has 5 rings (SSSR count). The molecule has 2 aliphatic rings. The highest BCUT2D eigenvalue weighted by Crippen LogP contribution is 2.35. The normalized spacial score (nSPS) is 17.5. The molecule has 0 radical (unpaired) electrons. The summed E-state index contributed by atoms with van der Waals surface area (Å²) in [4.78, 5) is 35.3. The lowest BCUT2D eigenvalue weighted by Gasteiger charge is -2.37. The van der Waals surface area contributed by atoms with Crippen LogP contribution < -0.4 is 14.4 Å². The van der Waals surface area contributed by atoms with Crippen LogP contribution in [0.25, 0.3) is 0 Å². The van der Waals surface area contributed by atoms with E-state index in [9.17, 15) is 9.59 Å². The van der Waals surface area contributed by atoms with Crippen molar-refractivity contribution in [3.8, 4) is 11.5 Å². The van der Waals surface area contributed by atoms with Crippen LogP contribution in [0, 0.1) is 13.8 Å². The molecule has 0 bridgehead atoms. The molecule has 9 heteroatoms. The van der Waals surface area contributed by atoms with Gasteiger partial charge in [0, 0.05) is 13.1 Å². The second kappa shape index (κ2) is 10.1. The van der Waals surface area contributed by atoms with Crippen molar-refractivity contribution in [3.63, 3.8) is 0 Å². The van der Waals surface area contributed by atoms with E-state index in [0.29, 0.717) is 53.3 Å². The quantitative estimate of drug-likeness (QED) is 0.540. The zero-order chi connectivity index (χ0) is 24.4. The fourth-order valence-electron chi connectivity index (χ4n) is 4.16. The average molecular weight is 494 g/mol. The first-order valence-electron chi connectivity index (χ1n) is 11.6. The van der Waals surface area contributed by atoms with Gasteiger partial charge >= 0.3 is 0 Å².